The van der Waals surface area contributed by atoms with Gasteiger partial charge in [0.1, 0.15) is 0 Å². The second-order valence-corrected chi connectivity index (χ2v) is 6.68. The molecule has 3 heterocycles. The Hall–Kier alpha value is -0.590. The maximum Gasteiger partial charge on any atom is 0.232 e. The van der Waals surface area contributed by atoms with Gasteiger partial charge in [-0.25, -0.2) is 0 Å². The summed E-state index contributed by atoms with van der Waals surface area (Å²) in [5.41, 5.74) is 0. The van der Waals surface area contributed by atoms with Crippen molar-refractivity contribution in [1.82, 2.24) is 15.5 Å². The minimum Gasteiger partial charge on any atom is -0.381 e. The Morgan fingerprint density at radius 3 is 3.15 bits per heavy atom. The van der Waals surface area contributed by atoms with E-state index in [1.807, 2.05) is 11.8 Å². The van der Waals surface area contributed by atoms with E-state index < -0.39 is 0 Å². The van der Waals surface area contributed by atoms with E-state index in [9.17, 15) is 0 Å². The minimum absolute atomic E-state index is 0.317. The van der Waals surface area contributed by atoms with Crippen molar-refractivity contribution in [1.29, 1.82) is 0 Å². The minimum atomic E-state index is 0.317. The van der Waals surface area contributed by atoms with Gasteiger partial charge >= 0.3 is 0 Å². The summed E-state index contributed by atoms with van der Waals surface area (Å²) >= 11 is 1.97. The summed E-state index contributed by atoms with van der Waals surface area (Å²) in [6.07, 6.45) is 3.35. The van der Waals surface area contributed by atoms with Crippen LogP contribution < -0.4 is 5.32 Å². The maximum atomic E-state index is 5.54. The third kappa shape index (κ3) is 3.18. The van der Waals surface area contributed by atoms with Gasteiger partial charge in [-0.15, -0.1) is 0 Å². The first-order chi connectivity index (χ1) is 9.88. The summed E-state index contributed by atoms with van der Waals surface area (Å²) in [6, 6.07) is 0.468. The summed E-state index contributed by atoms with van der Waals surface area (Å²) in [4.78, 5) is 4.66. The van der Waals surface area contributed by atoms with Gasteiger partial charge in [-0.1, -0.05) is 12.1 Å². The Bertz CT molecular complexity index is 420. The van der Waals surface area contributed by atoms with Crippen LogP contribution in [0.1, 0.15) is 49.7 Å². The van der Waals surface area contributed by atoms with Gasteiger partial charge in [0.2, 0.25) is 5.89 Å². The molecule has 5 nitrogen and oxygen atoms in total. The molecular formula is C14H23N3O2S. The van der Waals surface area contributed by atoms with Crippen LogP contribution in [0.3, 0.4) is 0 Å². The second kappa shape index (κ2) is 6.91. The molecule has 3 unspecified atom stereocenters. The van der Waals surface area contributed by atoms with E-state index in [-0.39, 0.29) is 0 Å². The molecule has 2 aliphatic heterocycles. The van der Waals surface area contributed by atoms with Crippen molar-refractivity contribution in [3.8, 4) is 0 Å². The Kier molecular flexibility index (Phi) is 4.96. The number of ether oxygens (including phenoxy) is 1. The van der Waals surface area contributed by atoms with Crippen LogP contribution in [0.15, 0.2) is 4.52 Å². The SMILES string of the molecule is CCCNC1CSCC1c1nc(C2CCCOC2)no1. The zero-order chi connectivity index (χ0) is 13.8. The van der Waals surface area contributed by atoms with Crippen LogP contribution in [-0.2, 0) is 4.74 Å². The number of nitrogens with zero attached hydrogens (tertiary/aromatic N) is 2. The average molecular weight is 297 g/mol. The molecule has 0 aromatic carbocycles. The second-order valence-electron chi connectivity index (χ2n) is 5.61. The van der Waals surface area contributed by atoms with Crippen molar-refractivity contribution in [3.05, 3.63) is 11.7 Å². The molecule has 1 aromatic heterocycles. The van der Waals surface area contributed by atoms with Gasteiger partial charge in [-0.3, -0.25) is 0 Å². The molecule has 0 radical (unpaired) electrons. The molecule has 0 amide bonds. The Morgan fingerprint density at radius 2 is 2.35 bits per heavy atom. The standard InChI is InChI=1S/C14H23N3O2S/c1-2-5-15-12-9-20-8-11(12)14-16-13(17-19-14)10-4-3-6-18-7-10/h10-12,15H,2-9H2,1H3. The highest BCUT2D eigenvalue weighted by atomic mass is 32.2. The molecule has 0 bridgehead atoms. The normalized spacial score (nSPS) is 30.8. The number of hydrogen-bond acceptors (Lipinski definition) is 6. The molecule has 6 heteroatoms. The lowest BCUT2D eigenvalue weighted by Crippen LogP contribution is -2.34. The van der Waals surface area contributed by atoms with Crippen LogP contribution in [0.5, 0.6) is 0 Å². The monoisotopic (exact) mass is 297 g/mol. The first-order valence-corrected chi connectivity index (χ1v) is 8.76. The van der Waals surface area contributed by atoms with Crippen molar-refractivity contribution < 1.29 is 9.26 Å². The van der Waals surface area contributed by atoms with Crippen molar-refractivity contribution >= 4 is 11.8 Å². The third-order valence-corrected chi connectivity index (χ3v) is 5.23. The molecule has 2 fully saturated rings. The van der Waals surface area contributed by atoms with E-state index in [1.165, 1.54) is 0 Å². The van der Waals surface area contributed by atoms with Gasteiger partial charge in [-0.2, -0.15) is 16.7 Å². The van der Waals surface area contributed by atoms with E-state index in [2.05, 4.69) is 22.4 Å². The Labute approximate surface area is 124 Å². The Balaban J connectivity index is 1.65. The Morgan fingerprint density at radius 1 is 1.40 bits per heavy atom. The number of thioether (sulfide) groups is 1. The molecule has 0 saturated carbocycles. The first-order valence-electron chi connectivity index (χ1n) is 7.61. The predicted molar refractivity (Wildman–Crippen MR) is 79.2 cm³/mol. The van der Waals surface area contributed by atoms with E-state index in [1.54, 1.807) is 0 Å². The van der Waals surface area contributed by atoms with Crippen LogP contribution in [0.2, 0.25) is 0 Å². The van der Waals surface area contributed by atoms with Gasteiger partial charge in [0.15, 0.2) is 5.82 Å². The smallest absolute Gasteiger partial charge is 0.232 e. The average Bonchev–Trinajstić information content (AvgIpc) is 3.14. The van der Waals surface area contributed by atoms with Gasteiger partial charge in [0.05, 0.1) is 12.5 Å². The lowest BCUT2D eigenvalue weighted by Gasteiger charge is -2.18. The highest BCUT2D eigenvalue weighted by Gasteiger charge is 2.34. The lowest BCUT2D eigenvalue weighted by molar-refractivity contribution is 0.0773. The fraction of sp³-hybridized carbons (Fsp3) is 0.857. The molecule has 1 aromatic rings. The zero-order valence-electron chi connectivity index (χ0n) is 12.0. The molecule has 2 aliphatic rings. The zero-order valence-corrected chi connectivity index (χ0v) is 12.8. The molecule has 3 atom stereocenters. The van der Waals surface area contributed by atoms with E-state index in [0.717, 1.165) is 62.2 Å². The number of aromatic nitrogens is 2. The highest BCUT2D eigenvalue weighted by Crippen LogP contribution is 2.33. The van der Waals surface area contributed by atoms with Gasteiger partial charge in [0, 0.05) is 30.1 Å². The molecule has 2 saturated heterocycles. The molecular weight excluding hydrogens is 274 g/mol. The predicted octanol–water partition coefficient (Wildman–Crippen LogP) is 2.16. The van der Waals surface area contributed by atoms with Gasteiger partial charge in [0.25, 0.3) is 0 Å². The van der Waals surface area contributed by atoms with Crippen molar-refractivity contribution in [2.75, 3.05) is 31.3 Å². The molecule has 0 aliphatic carbocycles. The largest absolute Gasteiger partial charge is 0.381 e. The van der Waals surface area contributed by atoms with E-state index in [4.69, 9.17) is 9.26 Å². The molecule has 1 N–H and O–H groups in total. The fourth-order valence-electron chi connectivity index (χ4n) is 2.84. The van der Waals surface area contributed by atoms with Crippen LogP contribution in [0.25, 0.3) is 0 Å². The van der Waals surface area contributed by atoms with Gasteiger partial charge < -0.3 is 14.6 Å². The summed E-state index contributed by atoms with van der Waals surface area (Å²) < 4.78 is 11.0. The molecule has 20 heavy (non-hydrogen) atoms. The lowest BCUT2D eigenvalue weighted by atomic mass is 10.0. The van der Waals surface area contributed by atoms with Crippen LogP contribution in [0, 0.1) is 0 Å². The summed E-state index contributed by atoms with van der Waals surface area (Å²) in [6.45, 7) is 4.84. The summed E-state index contributed by atoms with van der Waals surface area (Å²) in [5, 5.41) is 7.79. The van der Waals surface area contributed by atoms with Crippen molar-refractivity contribution in [3.63, 3.8) is 0 Å². The number of hydrogen-bond donors (Lipinski definition) is 1. The van der Waals surface area contributed by atoms with E-state index >= 15 is 0 Å². The molecule has 112 valence electrons. The highest BCUT2D eigenvalue weighted by molar-refractivity contribution is 7.99. The van der Waals surface area contributed by atoms with Crippen molar-refractivity contribution in [2.24, 2.45) is 0 Å². The molecule has 3 rings (SSSR count). The number of nitrogens with one attached hydrogen (secondary N) is 1. The van der Waals surface area contributed by atoms with E-state index in [0.29, 0.717) is 17.9 Å². The fourth-order valence-corrected chi connectivity index (χ4v) is 4.21. The van der Waals surface area contributed by atoms with Crippen LogP contribution in [0.4, 0.5) is 0 Å². The molecule has 0 spiro atoms. The van der Waals surface area contributed by atoms with Gasteiger partial charge in [-0.05, 0) is 25.8 Å². The summed E-state index contributed by atoms with van der Waals surface area (Å²) in [7, 11) is 0. The topological polar surface area (TPSA) is 60.2 Å². The maximum absolute atomic E-state index is 5.54. The first kappa shape index (κ1) is 14.4. The summed E-state index contributed by atoms with van der Waals surface area (Å²) in [5.74, 6) is 4.53. The number of rotatable bonds is 5. The third-order valence-electron chi connectivity index (χ3n) is 4.04. The van der Waals surface area contributed by atoms with Crippen molar-refractivity contribution in [2.45, 2.75) is 44.1 Å². The van der Waals surface area contributed by atoms with Crippen LogP contribution in [-0.4, -0.2) is 47.4 Å². The quantitative estimate of drug-likeness (QED) is 0.899. The van der Waals surface area contributed by atoms with Crippen LogP contribution >= 0.6 is 11.8 Å².